The summed E-state index contributed by atoms with van der Waals surface area (Å²) in [4.78, 5) is 0. The SMILES string of the molecule is CSc1nnc(-c2ccc(Cl)cc2Cl)n1-c1ccc(Cl)cc1. The van der Waals surface area contributed by atoms with Crippen molar-refractivity contribution in [2.75, 3.05) is 6.26 Å². The van der Waals surface area contributed by atoms with E-state index in [1.54, 1.807) is 12.1 Å². The van der Waals surface area contributed by atoms with Crippen molar-refractivity contribution in [1.29, 1.82) is 0 Å². The molecule has 1 heterocycles. The Balaban J connectivity index is 2.21. The first kappa shape index (κ1) is 15.7. The molecule has 0 spiro atoms. The highest BCUT2D eigenvalue weighted by Gasteiger charge is 2.17. The lowest BCUT2D eigenvalue weighted by Crippen LogP contribution is -1.99. The number of halogens is 3. The minimum Gasteiger partial charge on any atom is -0.270 e. The maximum Gasteiger partial charge on any atom is 0.195 e. The highest BCUT2D eigenvalue weighted by atomic mass is 35.5. The van der Waals surface area contributed by atoms with Gasteiger partial charge in [-0.25, -0.2) is 0 Å². The Bertz CT molecular complexity index is 815. The summed E-state index contributed by atoms with van der Waals surface area (Å²) >= 11 is 19.7. The van der Waals surface area contributed by atoms with Gasteiger partial charge in [0, 0.05) is 21.3 Å². The smallest absolute Gasteiger partial charge is 0.195 e. The zero-order valence-corrected chi connectivity index (χ0v) is 14.5. The van der Waals surface area contributed by atoms with Crippen LogP contribution in [0.25, 0.3) is 17.1 Å². The fraction of sp³-hybridized carbons (Fsp3) is 0.0667. The van der Waals surface area contributed by atoms with Gasteiger partial charge in [0.25, 0.3) is 0 Å². The summed E-state index contributed by atoms with van der Waals surface area (Å²) in [6, 6.07) is 12.8. The molecule has 2 aromatic carbocycles. The molecule has 0 fully saturated rings. The first-order chi connectivity index (χ1) is 10.6. The normalized spacial score (nSPS) is 10.9. The molecule has 0 saturated heterocycles. The lowest BCUT2D eigenvalue weighted by molar-refractivity contribution is 0.889. The van der Waals surface area contributed by atoms with Crippen LogP contribution >= 0.6 is 46.6 Å². The minimum absolute atomic E-state index is 0.530. The van der Waals surface area contributed by atoms with Crippen LogP contribution in [0.4, 0.5) is 0 Å². The molecule has 0 radical (unpaired) electrons. The topological polar surface area (TPSA) is 30.7 Å². The molecule has 3 rings (SSSR count). The van der Waals surface area contributed by atoms with Crippen LogP contribution in [0.3, 0.4) is 0 Å². The zero-order chi connectivity index (χ0) is 15.7. The van der Waals surface area contributed by atoms with Crippen molar-refractivity contribution >= 4 is 46.6 Å². The Kier molecular flexibility index (Phi) is 4.64. The molecule has 0 atom stereocenters. The van der Waals surface area contributed by atoms with Crippen molar-refractivity contribution < 1.29 is 0 Å². The number of hydrogen-bond acceptors (Lipinski definition) is 3. The summed E-state index contributed by atoms with van der Waals surface area (Å²) < 4.78 is 1.94. The molecule has 0 amide bonds. The van der Waals surface area contributed by atoms with Crippen LogP contribution in [0.15, 0.2) is 47.6 Å². The third kappa shape index (κ3) is 2.97. The predicted molar refractivity (Wildman–Crippen MR) is 93.6 cm³/mol. The first-order valence-electron chi connectivity index (χ1n) is 6.31. The number of thioether (sulfide) groups is 1. The number of aromatic nitrogens is 3. The Labute approximate surface area is 147 Å². The molecule has 0 bridgehead atoms. The van der Waals surface area contributed by atoms with Crippen molar-refractivity contribution in [3.63, 3.8) is 0 Å². The molecule has 0 aliphatic heterocycles. The second-order valence-corrected chi connectivity index (χ2v) is 6.50. The predicted octanol–water partition coefficient (Wildman–Crippen LogP) is 5.62. The summed E-state index contributed by atoms with van der Waals surface area (Å²) in [7, 11) is 0. The molecule has 3 nitrogen and oxygen atoms in total. The van der Waals surface area contributed by atoms with Gasteiger partial charge in [0.15, 0.2) is 11.0 Å². The van der Waals surface area contributed by atoms with Crippen LogP contribution in [-0.2, 0) is 0 Å². The Hall–Kier alpha value is -1.20. The van der Waals surface area contributed by atoms with Gasteiger partial charge in [-0.1, -0.05) is 46.6 Å². The Morgan fingerprint density at radius 1 is 0.909 bits per heavy atom. The van der Waals surface area contributed by atoms with E-state index < -0.39 is 0 Å². The number of hydrogen-bond donors (Lipinski definition) is 0. The summed E-state index contributed by atoms with van der Waals surface area (Å²) in [5.74, 6) is 0.660. The summed E-state index contributed by atoms with van der Waals surface area (Å²) in [5.41, 5.74) is 1.69. The van der Waals surface area contributed by atoms with E-state index in [0.717, 1.165) is 16.4 Å². The van der Waals surface area contributed by atoms with Gasteiger partial charge >= 0.3 is 0 Å². The fourth-order valence-corrected chi connectivity index (χ4v) is 3.19. The van der Waals surface area contributed by atoms with Crippen molar-refractivity contribution in [2.45, 2.75) is 5.16 Å². The number of rotatable bonds is 3. The second kappa shape index (κ2) is 6.50. The summed E-state index contributed by atoms with van der Waals surface area (Å²) in [6.07, 6.45) is 1.95. The van der Waals surface area contributed by atoms with Gasteiger partial charge in [-0.15, -0.1) is 10.2 Å². The average molecular weight is 371 g/mol. The average Bonchev–Trinajstić information content (AvgIpc) is 2.92. The first-order valence-corrected chi connectivity index (χ1v) is 8.67. The van der Waals surface area contributed by atoms with E-state index in [-0.39, 0.29) is 0 Å². The van der Waals surface area contributed by atoms with Crippen molar-refractivity contribution in [2.24, 2.45) is 0 Å². The largest absolute Gasteiger partial charge is 0.270 e. The molecular weight excluding hydrogens is 361 g/mol. The van der Waals surface area contributed by atoms with Gasteiger partial charge in [0.1, 0.15) is 0 Å². The quantitative estimate of drug-likeness (QED) is 0.561. The fourth-order valence-electron chi connectivity index (χ4n) is 2.07. The number of benzene rings is 2. The van der Waals surface area contributed by atoms with Gasteiger partial charge in [0.05, 0.1) is 5.02 Å². The van der Waals surface area contributed by atoms with E-state index in [0.29, 0.717) is 20.9 Å². The Morgan fingerprint density at radius 2 is 1.59 bits per heavy atom. The third-order valence-corrected chi connectivity index (χ3v) is 4.50. The van der Waals surface area contributed by atoms with Gasteiger partial charge in [0.2, 0.25) is 0 Å². The summed E-state index contributed by atoms with van der Waals surface area (Å²) in [5, 5.41) is 11.1. The summed E-state index contributed by atoms with van der Waals surface area (Å²) in [6.45, 7) is 0. The molecule has 1 aromatic heterocycles. The van der Waals surface area contributed by atoms with E-state index in [1.807, 2.05) is 41.2 Å². The minimum atomic E-state index is 0.530. The van der Waals surface area contributed by atoms with Crippen LogP contribution in [0, 0.1) is 0 Å². The molecule has 0 unspecified atom stereocenters. The molecule has 0 N–H and O–H groups in total. The van der Waals surface area contributed by atoms with E-state index >= 15 is 0 Å². The molecule has 112 valence electrons. The van der Waals surface area contributed by atoms with E-state index in [4.69, 9.17) is 34.8 Å². The van der Waals surface area contributed by atoms with Crippen LogP contribution in [0.2, 0.25) is 15.1 Å². The van der Waals surface area contributed by atoms with Crippen LogP contribution in [0.1, 0.15) is 0 Å². The van der Waals surface area contributed by atoms with Crippen molar-refractivity contribution in [3.05, 3.63) is 57.5 Å². The molecule has 7 heteroatoms. The third-order valence-electron chi connectivity index (χ3n) is 3.07. The maximum absolute atomic E-state index is 6.31. The maximum atomic E-state index is 6.31. The standard InChI is InChI=1S/C15H10Cl3N3S/c1-22-15-20-19-14(12-7-4-10(17)8-13(12)18)21(15)11-5-2-9(16)3-6-11/h2-8H,1H3. The van der Waals surface area contributed by atoms with Crippen molar-refractivity contribution in [1.82, 2.24) is 14.8 Å². The van der Waals surface area contributed by atoms with E-state index in [2.05, 4.69) is 10.2 Å². The number of nitrogens with zero attached hydrogens (tertiary/aromatic N) is 3. The van der Waals surface area contributed by atoms with Gasteiger partial charge in [-0.2, -0.15) is 0 Å². The highest BCUT2D eigenvalue weighted by Crippen LogP contribution is 2.33. The molecule has 0 saturated carbocycles. The second-order valence-electron chi connectivity index (χ2n) is 4.45. The van der Waals surface area contributed by atoms with E-state index in [9.17, 15) is 0 Å². The van der Waals surface area contributed by atoms with Gasteiger partial charge < -0.3 is 0 Å². The van der Waals surface area contributed by atoms with Crippen LogP contribution < -0.4 is 0 Å². The van der Waals surface area contributed by atoms with Gasteiger partial charge in [-0.3, -0.25) is 4.57 Å². The van der Waals surface area contributed by atoms with Crippen molar-refractivity contribution in [3.8, 4) is 17.1 Å². The molecule has 3 aromatic rings. The lowest BCUT2D eigenvalue weighted by Gasteiger charge is -2.10. The van der Waals surface area contributed by atoms with Gasteiger partial charge in [-0.05, 0) is 48.7 Å². The Morgan fingerprint density at radius 3 is 2.23 bits per heavy atom. The van der Waals surface area contributed by atoms with E-state index in [1.165, 1.54) is 11.8 Å². The highest BCUT2D eigenvalue weighted by molar-refractivity contribution is 7.98. The zero-order valence-electron chi connectivity index (χ0n) is 11.4. The molecule has 0 aliphatic rings. The lowest BCUT2D eigenvalue weighted by atomic mass is 10.2. The monoisotopic (exact) mass is 369 g/mol. The molecule has 0 aliphatic carbocycles. The van der Waals surface area contributed by atoms with Crippen LogP contribution in [0.5, 0.6) is 0 Å². The molecule has 22 heavy (non-hydrogen) atoms. The van der Waals surface area contributed by atoms with Crippen LogP contribution in [-0.4, -0.2) is 21.0 Å². The molecular formula is C15H10Cl3N3S.